The molecular formula is C28H50O2. The van der Waals surface area contributed by atoms with E-state index in [1.165, 1.54) is 96.3 Å². The van der Waals surface area contributed by atoms with E-state index in [1.807, 2.05) is 0 Å². The Morgan fingerprint density at radius 2 is 1.33 bits per heavy atom. The maximum Gasteiger partial charge on any atom is 0.306 e. The minimum absolute atomic E-state index is 0.0761. The molecule has 2 heteroatoms. The van der Waals surface area contributed by atoms with Crippen LogP contribution >= 0.6 is 0 Å². The van der Waals surface area contributed by atoms with Gasteiger partial charge in [0.25, 0.3) is 0 Å². The van der Waals surface area contributed by atoms with Gasteiger partial charge in [0.15, 0.2) is 0 Å². The predicted octanol–water partition coefficient (Wildman–Crippen LogP) is 8.47. The third-order valence-electron chi connectivity index (χ3n) is 8.85. The molecular weight excluding hydrogens is 368 g/mol. The molecule has 3 rings (SSSR count). The van der Waals surface area contributed by atoms with E-state index in [9.17, 15) is 4.79 Å². The van der Waals surface area contributed by atoms with E-state index in [2.05, 4.69) is 13.8 Å². The normalized spacial score (nSPS) is 33.5. The van der Waals surface area contributed by atoms with E-state index in [0.717, 1.165) is 48.9 Å². The van der Waals surface area contributed by atoms with E-state index in [4.69, 9.17) is 4.74 Å². The van der Waals surface area contributed by atoms with Crippen molar-refractivity contribution in [2.45, 2.75) is 142 Å². The molecule has 3 fully saturated rings. The molecule has 0 bridgehead atoms. The smallest absolute Gasteiger partial charge is 0.306 e. The van der Waals surface area contributed by atoms with Crippen LogP contribution in [0.3, 0.4) is 0 Å². The summed E-state index contributed by atoms with van der Waals surface area (Å²) in [4.78, 5) is 12.3. The summed E-state index contributed by atoms with van der Waals surface area (Å²) in [6.07, 6.45) is 25.0. The van der Waals surface area contributed by atoms with Crippen LogP contribution in [0.15, 0.2) is 0 Å². The number of ether oxygens (including phenoxy) is 1. The Morgan fingerprint density at radius 3 is 2.07 bits per heavy atom. The SMILES string of the molecule is CCCCCCCC(=O)O[C@@H]1CCC2C(CCC3C[C@H](CCCCCC)CCC32)C1. The summed E-state index contributed by atoms with van der Waals surface area (Å²) in [5.74, 6) is 4.88. The summed E-state index contributed by atoms with van der Waals surface area (Å²) >= 11 is 0. The molecule has 174 valence electrons. The van der Waals surface area contributed by atoms with E-state index in [-0.39, 0.29) is 12.1 Å². The second kappa shape index (κ2) is 13.1. The third-order valence-corrected chi connectivity index (χ3v) is 8.85. The third kappa shape index (κ3) is 7.27. The van der Waals surface area contributed by atoms with Crippen molar-refractivity contribution >= 4 is 5.97 Å². The highest BCUT2D eigenvalue weighted by molar-refractivity contribution is 5.69. The van der Waals surface area contributed by atoms with Crippen molar-refractivity contribution in [3.63, 3.8) is 0 Å². The monoisotopic (exact) mass is 418 g/mol. The Bertz CT molecular complexity index is 487. The molecule has 0 aromatic rings. The zero-order chi connectivity index (χ0) is 21.2. The first-order valence-corrected chi connectivity index (χ1v) is 13.9. The standard InChI is InChI=1S/C28H50O2/c1-3-5-7-9-11-13-28(29)30-25-17-19-27-24(21-25)16-15-23-20-22(14-18-26(23)27)12-10-8-6-4-2/h22-27H,3-21H2,1-2H3/t22-,23?,24?,25-,26?,27?/m1/s1. The molecule has 6 atom stereocenters. The summed E-state index contributed by atoms with van der Waals surface area (Å²) in [5, 5.41) is 0. The van der Waals surface area contributed by atoms with Gasteiger partial charge in [0, 0.05) is 6.42 Å². The molecule has 0 N–H and O–H groups in total. The second-order valence-corrected chi connectivity index (χ2v) is 11.0. The summed E-state index contributed by atoms with van der Waals surface area (Å²) in [6, 6.07) is 0. The van der Waals surface area contributed by atoms with Crippen molar-refractivity contribution in [3.8, 4) is 0 Å². The van der Waals surface area contributed by atoms with Gasteiger partial charge in [-0.3, -0.25) is 4.79 Å². The van der Waals surface area contributed by atoms with E-state index in [0.29, 0.717) is 6.42 Å². The Labute approximate surface area is 187 Å². The first-order valence-electron chi connectivity index (χ1n) is 13.9. The highest BCUT2D eigenvalue weighted by Gasteiger charge is 2.44. The van der Waals surface area contributed by atoms with Crippen molar-refractivity contribution in [2.24, 2.45) is 29.6 Å². The summed E-state index contributed by atoms with van der Waals surface area (Å²) in [5.41, 5.74) is 0. The molecule has 0 radical (unpaired) electrons. The van der Waals surface area contributed by atoms with E-state index in [1.54, 1.807) is 0 Å². The molecule has 0 heterocycles. The average molecular weight is 419 g/mol. The van der Waals surface area contributed by atoms with Crippen molar-refractivity contribution in [1.82, 2.24) is 0 Å². The molecule has 30 heavy (non-hydrogen) atoms. The molecule has 0 saturated heterocycles. The number of carbonyl (C=O) groups excluding carboxylic acids is 1. The molecule has 2 nitrogen and oxygen atoms in total. The highest BCUT2D eigenvalue weighted by atomic mass is 16.5. The Hall–Kier alpha value is -0.530. The molecule has 0 spiro atoms. The quantitative estimate of drug-likeness (QED) is 0.235. The Morgan fingerprint density at radius 1 is 0.700 bits per heavy atom. The number of unbranched alkanes of at least 4 members (excludes halogenated alkanes) is 7. The van der Waals surface area contributed by atoms with Gasteiger partial charge in [0.05, 0.1) is 0 Å². The van der Waals surface area contributed by atoms with E-state index < -0.39 is 0 Å². The van der Waals surface area contributed by atoms with Crippen LogP contribution in [0.1, 0.15) is 136 Å². The zero-order valence-corrected chi connectivity index (χ0v) is 20.2. The molecule has 0 aromatic heterocycles. The molecule has 4 unspecified atom stereocenters. The van der Waals surface area contributed by atoms with Gasteiger partial charge < -0.3 is 4.74 Å². The van der Waals surface area contributed by atoms with Gasteiger partial charge in [-0.2, -0.15) is 0 Å². The molecule has 3 aliphatic rings. The molecule has 3 aliphatic carbocycles. The fourth-order valence-electron chi connectivity index (χ4n) is 7.20. The van der Waals surface area contributed by atoms with Crippen LogP contribution in [0.5, 0.6) is 0 Å². The van der Waals surface area contributed by atoms with Crippen molar-refractivity contribution < 1.29 is 9.53 Å². The number of hydrogen-bond donors (Lipinski definition) is 0. The van der Waals surface area contributed by atoms with Crippen LogP contribution in [0.4, 0.5) is 0 Å². The van der Waals surface area contributed by atoms with Gasteiger partial charge in [-0.25, -0.2) is 0 Å². The number of esters is 1. The lowest BCUT2D eigenvalue weighted by Crippen LogP contribution is -2.43. The lowest BCUT2D eigenvalue weighted by Gasteiger charge is -2.50. The highest BCUT2D eigenvalue weighted by Crippen LogP contribution is 2.53. The second-order valence-electron chi connectivity index (χ2n) is 11.0. The van der Waals surface area contributed by atoms with Crippen molar-refractivity contribution in [1.29, 1.82) is 0 Å². The van der Waals surface area contributed by atoms with Crippen LogP contribution in [0, 0.1) is 29.6 Å². The molecule has 0 amide bonds. The minimum Gasteiger partial charge on any atom is -0.462 e. The zero-order valence-electron chi connectivity index (χ0n) is 20.2. The number of fused-ring (bicyclic) bond motifs is 3. The maximum atomic E-state index is 12.3. The molecule has 0 aliphatic heterocycles. The van der Waals surface area contributed by atoms with Gasteiger partial charge in [-0.05, 0) is 81.0 Å². The van der Waals surface area contributed by atoms with Crippen molar-refractivity contribution in [2.75, 3.05) is 0 Å². The van der Waals surface area contributed by atoms with Gasteiger partial charge >= 0.3 is 5.97 Å². The van der Waals surface area contributed by atoms with Gasteiger partial charge in [-0.15, -0.1) is 0 Å². The minimum atomic E-state index is 0.0761. The van der Waals surface area contributed by atoms with Crippen LogP contribution in [-0.4, -0.2) is 12.1 Å². The summed E-state index contributed by atoms with van der Waals surface area (Å²) < 4.78 is 5.93. The maximum absolute atomic E-state index is 12.3. The van der Waals surface area contributed by atoms with Gasteiger partial charge in [0.2, 0.25) is 0 Å². The lowest BCUT2D eigenvalue weighted by atomic mass is 9.56. The summed E-state index contributed by atoms with van der Waals surface area (Å²) in [7, 11) is 0. The fourth-order valence-corrected chi connectivity index (χ4v) is 7.20. The Kier molecular flexibility index (Phi) is 10.5. The summed E-state index contributed by atoms with van der Waals surface area (Å²) in [6.45, 7) is 4.55. The first-order chi connectivity index (χ1) is 14.7. The van der Waals surface area contributed by atoms with Gasteiger partial charge in [0.1, 0.15) is 6.10 Å². The topological polar surface area (TPSA) is 26.3 Å². The largest absolute Gasteiger partial charge is 0.462 e. The first kappa shape index (κ1) is 24.1. The predicted molar refractivity (Wildman–Crippen MR) is 126 cm³/mol. The number of carbonyl (C=O) groups is 1. The lowest BCUT2D eigenvalue weighted by molar-refractivity contribution is -0.153. The van der Waals surface area contributed by atoms with Crippen LogP contribution in [0.25, 0.3) is 0 Å². The molecule has 0 aromatic carbocycles. The van der Waals surface area contributed by atoms with Gasteiger partial charge in [-0.1, -0.05) is 78.1 Å². The fraction of sp³-hybridized carbons (Fsp3) is 0.964. The van der Waals surface area contributed by atoms with Crippen LogP contribution in [0.2, 0.25) is 0 Å². The Balaban J connectivity index is 1.36. The average Bonchev–Trinajstić information content (AvgIpc) is 2.76. The van der Waals surface area contributed by atoms with Crippen LogP contribution < -0.4 is 0 Å². The van der Waals surface area contributed by atoms with E-state index >= 15 is 0 Å². The van der Waals surface area contributed by atoms with Crippen LogP contribution in [-0.2, 0) is 9.53 Å². The number of rotatable bonds is 12. The van der Waals surface area contributed by atoms with Crippen molar-refractivity contribution in [3.05, 3.63) is 0 Å². The number of hydrogen-bond acceptors (Lipinski definition) is 2. The molecule has 3 saturated carbocycles.